The van der Waals surface area contributed by atoms with E-state index in [0.29, 0.717) is 31.1 Å². The highest BCUT2D eigenvalue weighted by molar-refractivity contribution is 7.35. The van der Waals surface area contributed by atoms with Gasteiger partial charge in [0.1, 0.15) is 11.5 Å². The Kier molecular flexibility index (Phi) is 6.35. The molecule has 10 heteroatoms. The molecule has 8 nitrogen and oxygen atoms in total. The molecular formula is C23H25N6O2PS. The fourth-order valence-electron chi connectivity index (χ4n) is 4.04. The fraction of sp³-hybridized carbons (Fsp3) is 0.304. The third-order valence-electron chi connectivity index (χ3n) is 5.64. The molecule has 0 saturated carbocycles. The number of ether oxygens (including phenoxy) is 1. The molecule has 4 heterocycles. The number of anilines is 1. The van der Waals surface area contributed by atoms with Crippen LogP contribution in [0.25, 0.3) is 11.0 Å². The van der Waals surface area contributed by atoms with Crippen molar-refractivity contribution in [3.05, 3.63) is 58.9 Å². The maximum atomic E-state index is 12.5. The molecular weight excluding hydrogens is 455 g/mol. The summed E-state index contributed by atoms with van der Waals surface area (Å²) < 4.78 is 8.26. The van der Waals surface area contributed by atoms with Crippen LogP contribution in [-0.4, -0.2) is 45.2 Å². The number of nitrogens with one attached hydrogen (secondary N) is 2. The molecule has 33 heavy (non-hydrogen) atoms. The van der Waals surface area contributed by atoms with Crippen LogP contribution in [0.1, 0.15) is 39.7 Å². The molecule has 3 aromatic heterocycles. The number of aromatic nitrogens is 4. The zero-order chi connectivity index (χ0) is 22.8. The lowest BCUT2D eigenvalue weighted by molar-refractivity contribution is 0.102. The van der Waals surface area contributed by atoms with Crippen molar-refractivity contribution in [2.45, 2.75) is 25.7 Å². The molecule has 1 aliphatic heterocycles. The van der Waals surface area contributed by atoms with Crippen LogP contribution in [0, 0.1) is 6.92 Å². The summed E-state index contributed by atoms with van der Waals surface area (Å²) in [4.78, 5) is 22.3. The van der Waals surface area contributed by atoms with Gasteiger partial charge in [-0.05, 0) is 63.3 Å². The molecule has 2 atom stereocenters. The summed E-state index contributed by atoms with van der Waals surface area (Å²) in [7, 11) is 0.486. The minimum absolute atomic E-state index is 0.195. The lowest BCUT2D eigenvalue weighted by atomic mass is 9.94. The van der Waals surface area contributed by atoms with Crippen LogP contribution in [0.4, 0.5) is 5.13 Å². The van der Waals surface area contributed by atoms with Crippen LogP contribution >= 0.6 is 20.1 Å². The summed E-state index contributed by atoms with van der Waals surface area (Å²) in [5.41, 5.74) is 2.44. The quantitative estimate of drug-likeness (QED) is 0.386. The highest BCUT2D eigenvalue weighted by Gasteiger charge is 2.25. The van der Waals surface area contributed by atoms with Gasteiger partial charge in [0.2, 0.25) is 0 Å². The molecule has 0 bridgehead atoms. The molecule has 0 aliphatic carbocycles. The van der Waals surface area contributed by atoms with E-state index in [-0.39, 0.29) is 5.91 Å². The van der Waals surface area contributed by atoms with Gasteiger partial charge < -0.3 is 10.1 Å². The molecule has 1 aliphatic rings. The van der Waals surface area contributed by atoms with Crippen LogP contribution in [0.5, 0.6) is 11.5 Å². The third-order valence-corrected chi connectivity index (χ3v) is 7.20. The van der Waals surface area contributed by atoms with Gasteiger partial charge in [-0.25, -0.2) is 14.4 Å². The van der Waals surface area contributed by atoms with Crippen molar-refractivity contribution in [2.75, 3.05) is 25.1 Å². The minimum atomic E-state index is -0.195. The average molecular weight is 481 g/mol. The summed E-state index contributed by atoms with van der Waals surface area (Å²) in [6.07, 6.45) is 5.74. The van der Waals surface area contributed by atoms with Gasteiger partial charge in [0, 0.05) is 44.0 Å². The summed E-state index contributed by atoms with van der Waals surface area (Å²) in [6.45, 7) is 6.02. The van der Waals surface area contributed by atoms with E-state index in [2.05, 4.69) is 27.3 Å². The summed E-state index contributed by atoms with van der Waals surface area (Å²) in [5.74, 6) is 1.54. The second-order valence-electron chi connectivity index (χ2n) is 7.93. The Labute approximate surface area is 197 Å². The summed E-state index contributed by atoms with van der Waals surface area (Å²) >= 11 is 1.45. The monoisotopic (exact) mass is 480 g/mol. The Hall–Kier alpha value is -2.87. The second-order valence-corrected chi connectivity index (χ2v) is 10.0. The molecule has 170 valence electrons. The molecule has 0 spiro atoms. The van der Waals surface area contributed by atoms with E-state index in [9.17, 15) is 4.79 Å². The molecule has 2 N–H and O–H groups in total. The summed E-state index contributed by atoms with van der Waals surface area (Å²) in [6, 6.07) is 9.02. The highest BCUT2D eigenvalue weighted by Crippen LogP contribution is 2.38. The maximum absolute atomic E-state index is 12.5. The SMILES string of the molecule is CPn1nc(C2CCCNC2)c2c(Oc3ccc(C(=O)Nc4ncc(C)s4)cc3)ccnc21. The number of fused-ring (bicyclic) bond motifs is 1. The normalized spacial score (nSPS) is 16.5. The van der Waals surface area contributed by atoms with Crippen LogP contribution < -0.4 is 15.4 Å². The fourth-order valence-corrected chi connectivity index (χ4v) is 5.28. The molecule has 1 aromatic carbocycles. The zero-order valence-electron chi connectivity index (χ0n) is 18.5. The number of nitrogens with zero attached hydrogens (tertiary/aromatic N) is 4. The van der Waals surface area contributed by atoms with Gasteiger partial charge in [0.05, 0.1) is 11.1 Å². The molecule has 4 aromatic rings. The van der Waals surface area contributed by atoms with E-state index < -0.39 is 0 Å². The standard InChI is InChI=1S/C23H25N6O2PS/c1-14-12-26-23(33-14)27-22(30)15-5-7-17(8-6-15)31-18-9-11-25-21-19(18)20(28-29(21)32-2)16-4-3-10-24-13-16/h5-9,11-12,16,24,32H,3-4,10,13H2,1-2H3,(H,26,27,30). The number of carbonyl (C=O) groups is 1. The van der Waals surface area contributed by atoms with Gasteiger partial charge in [0.25, 0.3) is 5.91 Å². The Balaban J connectivity index is 1.40. The predicted octanol–water partition coefficient (Wildman–Crippen LogP) is 4.78. The number of rotatable bonds is 6. The largest absolute Gasteiger partial charge is 0.456 e. The Bertz CT molecular complexity index is 1280. The van der Waals surface area contributed by atoms with E-state index in [4.69, 9.17) is 9.84 Å². The van der Waals surface area contributed by atoms with Gasteiger partial charge in [-0.3, -0.25) is 10.1 Å². The van der Waals surface area contributed by atoms with Crippen molar-refractivity contribution in [3.8, 4) is 11.5 Å². The molecule has 1 saturated heterocycles. The van der Waals surface area contributed by atoms with Crippen LogP contribution in [-0.2, 0) is 0 Å². The van der Waals surface area contributed by atoms with E-state index in [1.54, 1.807) is 24.5 Å². The van der Waals surface area contributed by atoms with Gasteiger partial charge in [-0.15, -0.1) is 11.3 Å². The van der Waals surface area contributed by atoms with E-state index in [0.717, 1.165) is 53.3 Å². The Morgan fingerprint density at radius 1 is 1.27 bits per heavy atom. The van der Waals surface area contributed by atoms with Crippen LogP contribution in [0.3, 0.4) is 0 Å². The Morgan fingerprint density at radius 3 is 2.82 bits per heavy atom. The third kappa shape index (κ3) is 4.62. The molecule has 1 amide bonds. The van der Waals surface area contributed by atoms with Crippen molar-refractivity contribution < 1.29 is 9.53 Å². The van der Waals surface area contributed by atoms with E-state index in [1.807, 2.05) is 29.6 Å². The van der Waals surface area contributed by atoms with Crippen molar-refractivity contribution >= 4 is 42.1 Å². The lowest BCUT2D eigenvalue weighted by Crippen LogP contribution is -2.28. The van der Waals surface area contributed by atoms with Crippen molar-refractivity contribution in [3.63, 3.8) is 0 Å². The number of hydrogen-bond acceptors (Lipinski definition) is 7. The predicted molar refractivity (Wildman–Crippen MR) is 133 cm³/mol. The number of piperidine rings is 1. The van der Waals surface area contributed by atoms with E-state index in [1.165, 1.54) is 11.3 Å². The highest BCUT2D eigenvalue weighted by atomic mass is 32.1. The first kappa shape index (κ1) is 21.9. The first-order valence-electron chi connectivity index (χ1n) is 10.9. The van der Waals surface area contributed by atoms with Crippen LogP contribution in [0.2, 0.25) is 0 Å². The number of pyridine rings is 1. The zero-order valence-corrected chi connectivity index (χ0v) is 20.3. The topological polar surface area (TPSA) is 94.0 Å². The summed E-state index contributed by atoms with van der Waals surface area (Å²) in [5, 5.41) is 12.8. The number of aryl methyl sites for hydroxylation is 1. The molecule has 0 radical (unpaired) electrons. The van der Waals surface area contributed by atoms with Crippen molar-refractivity contribution in [2.24, 2.45) is 0 Å². The number of benzene rings is 1. The lowest BCUT2D eigenvalue weighted by Gasteiger charge is -2.21. The average Bonchev–Trinajstić information content (AvgIpc) is 3.43. The number of carbonyl (C=O) groups excluding carboxylic acids is 1. The van der Waals surface area contributed by atoms with Crippen LogP contribution in [0.15, 0.2) is 42.7 Å². The molecule has 1 fully saturated rings. The second kappa shape index (κ2) is 9.55. The maximum Gasteiger partial charge on any atom is 0.257 e. The first-order valence-corrected chi connectivity index (χ1v) is 13.2. The van der Waals surface area contributed by atoms with Crippen molar-refractivity contribution in [1.29, 1.82) is 0 Å². The smallest absolute Gasteiger partial charge is 0.257 e. The van der Waals surface area contributed by atoms with Gasteiger partial charge in [-0.1, -0.05) is 0 Å². The van der Waals surface area contributed by atoms with E-state index >= 15 is 0 Å². The molecule has 5 rings (SSSR count). The van der Waals surface area contributed by atoms with Crippen molar-refractivity contribution in [1.82, 2.24) is 24.8 Å². The van der Waals surface area contributed by atoms with Gasteiger partial charge >= 0.3 is 0 Å². The van der Waals surface area contributed by atoms with Gasteiger partial charge in [0.15, 0.2) is 10.8 Å². The first-order chi connectivity index (χ1) is 16.1. The Morgan fingerprint density at radius 2 is 2.12 bits per heavy atom. The minimum Gasteiger partial charge on any atom is -0.456 e. The van der Waals surface area contributed by atoms with Gasteiger partial charge in [-0.2, -0.15) is 5.10 Å². The number of hydrogen-bond donors (Lipinski definition) is 2. The number of amides is 1. The number of thiazole rings is 1. The molecule has 2 unspecified atom stereocenters.